The molecule has 0 radical (unpaired) electrons. The number of aliphatic hydroxyl groups excluding tert-OH is 2. The Hall–Kier alpha value is -0.290. The van der Waals surface area contributed by atoms with Crippen LogP contribution in [0, 0.1) is 0 Å². The first-order valence-electron chi connectivity index (χ1n) is 15.0. The quantitative estimate of drug-likeness (QED) is 0.0700. The number of nitrogens with one attached hydrogen (secondary N) is 2. The van der Waals surface area contributed by atoms with Gasteiger partial charge in [-0.05, 0) is 12.8 Å². The van der Waals surface area contributed by atoms with E-state index in [0.29, 0.717) is 0 Å². The van der Waals surface area contributed by atoms with Crippen LogP contribution < -0.4 is 9.80 Å². The van der Waals surface area contributed by atoms with E-state index < -0.39 is 10.4 Å². The van der Waals surface area contributed by atoms with Gasteiger partial charge in [0.25, 0.3) is 0 Å². The predicted octanol–water partition coefficient (Wildman–Crippen LogP) is 3.40. The predicted molar refractivity (Wildman–Crippen MR) is 152 cm³/mol. The number of unbranched alkanes of at least 4 members (excludes halogenated alkanes) is 16. The van der Waals surface area contributed by atoms with Crippen LogP contribution in [0.25, 0.3) is 0 Å². The Kier molecular flexibility index (Phi) is 33.7. The van der Waals surface area contributed by atoms with Crippen LogP contribution in [0.2, 0.25) is 0 Å². The van der Waals surface area contributed by atoms with E-state index in [-0.39, 0.29) is 12.5 Å². The van der Waals surface area contributed by atoms with Crippen LogP contribution in [0.3, 0.4) is 0 Å². The Balaban J connectivity index is -0.000000528. The van der Waals surface area contributed by atoms with Crippen molar-refractivity contribution in [1.82, 2.24) is 0 Å². The molecule has 0 heterocycles. The molecule has 0 aliphatic heterocycles. The van der Waals surface area contributed by atoms with E-state index in [9.17, 15) is 10.2 Å². The van der Waals surface area contributed by atoms with Gasteiger partial charge in [-0.2, -0.15) is 0 Å². The molecule has 8 nitrogen and oxygen atoms in total. The monoisotopic (exact) mass is 556 g/mol. The van der Waals surface area contributed by atoms with Crippen LogP contribution in [-0.4, -0.2) is 68.4 Å². The molecule has 0 aromatic rings. The van der Waals surface area contributed by atoms with Crippen molar-refractivity contribution in [3.63, 3.8) is 0 Å². The van der Waals surface area contributed by atoms with Gasteiger partial charge in [0.2, 0.25) is 0 Å². The van der Waals surface area contributed by atoms with E-state index in [1.807, 2.05) is 28.2 Å². The molecule has 2 atom stereocenters. The van der Waals surface area contributed by atoms with Crippen LogP contribution in [0.1, 0.15) is 142 Å². The highest BCUT2D eigenvalue weighted by atomic mass is 32.3. The largest absolute Gasteiger partial charge is 0.759 e. The molecule has 0 fully saturated rings. The first kappa shape index (κ1) is 41.2. The van der Waals surface area contributed by atoms with Gasteiger partial charge in [-0.1, -0.05) is 117 Å². The lowest BCUT2D eigenvalue weighted by Gasteiger charge is -2.14. The van der Waals surface area contributed by atoms with Crippen molar-refractivity contribution < 1.29 is 37.5 Å². The van der Waals surface area contributed by atoms with E-state index in [2.05, 4.69) is 13.8 Å². The third-order valence-corrected chi connectivity index (χ3v) is 6.50. The molecule has 9 heteroatoms. The standard InChI is InChI=1S/2C14H31NO.H2O4S/c2*1-4-5-6-7-8-9-10-11-12-13-14(16)15(2)3;1-5(2,3)4/h2*14,16H,4-13H2,1-3H3;(H2,1,2,3,4). The third-order valence-electron chi connectivity index (χ3n) is 6.50. The summed E-state index contributed by atoms with van der Waals surface area (Å²) in [5, 5.41) is 19.2. The normalized spacial score (nSPS) is 13.1. The fourth-order valence-electron chi connectivity index (χ4n) is 3.87. The van der Waals surface area contributed by atoms with Crippen molar-refractivity contribution in [2.45, 2.75) is 155 Å². The zero-order valence-electron chi connectivity index (χ0n) is 25.2. The van der Waals surface area contributed by atoms with Crippen LogP contribution in [0.5, 0.6) is 0 Å². The molecule has 0 aromatic carbocycles. The average molecular weight is 557 g/mol. The van der Waals surface area contributed by atoms with Gasteiger partial charge in [-0.15, -0.1) is 0 Å². The van der Waals surface area contributed by atoms with E-state index in [4.69, 9.17) is 17.5 Å². The second-order valence-corrected chi connectivity index (χ2v) is 11.6. The number of hydrogen-bond acceptors (Lipinski definition) is 6. The second kappa shape index (κ2) is 30.3. The van der Waals surface area contributed by atoms with E-state index in [1.54, 1.807) is 0 Å². The molecule has 0 aromatic heterocycles. The van der Waals surface area contributed by atoms with Crippen molar-refractivity contribution in [3.8, 4) is 0 Å². The van der Waals surface area contributed by atoms with E-state index in [1.165, 1.54) is 116 Å². The highest BCUT2D eigenvalue weighted by Crippen LogP contribution is 2.11. The Morgan fingerprint density at radius 2 is 0.703 bits per heavy atom. The summed E-state index contributed by atoms with van der Waals surface area (Å²) in [5.74, 6) is 0. The summed E-state index contributed by atoms with van der Waals surface area (Å²) < 4.78 is 34.1. The van der Waals surface area contributed by atoms with Gasteiger partial charge >= 0.3 is 0 Å². The number of quaternary nitrogens is 2. The van der Waals surface area contributed by atoms with Crippen molar-refractivity contribution in [2.24, 2.45) is 0 Å². The van der Waals surface area contributed by atoms with Crippen LogP contribution >= 0.6 is 0 Å². The SMILES string of the molecule is CCCCCCCCCCCC(O)[NH+](C)C.CCCCCCCCCCCC(O)[NH+](C)C.O=S(=O)([O-])[O-]. The van der Waals surface area contributed by atoms with Crippen molar-refractivity contribution in [1.29, 1.82) is 0 Å². The summed E-state index contributed by atoms with van der Waals surface area (Å²) in [6.45, 7) is 4.52. The zero-order chi connectivity index (χ0) is 29.0. The maximum atomic E-state index is 9.59. The number of aliphatic hydroxyl groups is 2. The highest BCUT2D eigenvalue weighted by Gasteiger charge is 2.09. The Bertz CT molecular complexity index is 493. The lowest BCUT2D eigenvalue weighted by atomic mass is 10.1. The molecule has 0 spiro atoms. The van der Waals surface area contributed by atoms with Gasteiger partial charge in [0, 0.05) is 23.2 Å². The summed E-state index contributed by atoms with van der Waals surface area (Å²) in [6.07, 6.45) is 25.9. The molecular weight excluding hydrogens is 492 g/mol. The van der Waals surface area contributed by atoms with E-state index in [0.717, 1.165) is 22.6 Å². The minimum absolute atomic E-state index is 0.162. The van der Waals surface area contributed by atoms with Crippen LogP contribution in [0.4, 0.5) is 0 Å². The van der Waals surface area contributed by atoms with Crippen molar-refractivity contribution in [3.05, 3.63) is 0 Å². The molecule has 0 saturated carbocycles. The molecule has 2 unspecified atom stereocenters. The molecule has 0 saturated heterocycles. The van der Waals surface area contributed by atoms with Crippen LogP contribution in [0.15, 0.2) is 0 Å². The van der Waals surface area contributed by atoms with Gasteiger partial charge in [-0.25, -0.2) is 0 Å². The minimum Gasteiger partial charge on any atom is -0.759 e. The third kappa shape index (κ3) is 46.0. The lowest BCUT2D eigenvalue weighted by Crippen LogP contribution is -3.10. The first-order chi connectivity index (χ1) is 17.4. The van der Waals surface area contributed by atoms with Crippen LogP contribution in [-0.2, 0) is 10.4 Å². The summed E-state index contributed by atoms with van der Waals surface area (Å²) in [4.78, 5) is 2.30. The summed E-state index contributed by atoms with van der Waals surface area (Å²) in [5.41, 5.74) is 0. The molecular formula is C28H64N2O6S. The minimum atomic E-state index is -5.17. The summed E-state index contributed by atoms with van der Waals surface area (Å²) in [7, 11) is 2.88. The Labute approximate surface area is 230 Å². The molecule has 0 bridgehead atoms. The van der Waals surface area contributed by atoms with Gasteiger partial charge < -0.3 is 29.1 Å². The number of rotatable bonds is 22. The maximum absolute atomic E-state index is 9.59. The molecule has 0 rings (SSSR count). The van der Waals surface area contributed by atoms with Gasteiger partial charge in [0.05, 0.1) is 28.2 Å². The highest BCUT2D eigenvalue weighted by molar-refractivity contribution is 7.79. The molecule has 37 heavy (non-hydrogen) atoms. The summed E-state index contributed by atoms with van der Waals surface area (Å²) >= 11 is 0. The number of hydrogen-bond donors (Lipinski definition) is 4. The average Bonchev–Trinajstić information content (AvgIpc) is 2.80. The fourth-order valence-corrected chi connectivity index (χ4v) is 3.87. The van der Waals surface area contributed by atoms with Gasteiger partial charge in [-0.3, -0.25) is 8.42 Å². The zero-order valence-corrected chi connectivity index (χ0v) is 26.0. The molecule has 4 N–H and O–H groups in total. The maximum Gasteiger partial charge on any atom is 0.188 e. The Morgan fingerprint density at radius 1 is 0.514 bits per heavy atom. The molecule has 228 valence electrons. The lowest BCUT2D eigenvalue weighted by molar-refractivity contribution is -0.910. The Morgan fingerprint density at radius 3 is 0.892 bits per heavy atom. The first-order valence-corrected chi connectivity index (χ1v) is 16.3. The van der Waals surface area contributed by atoms with Gasteiger partial charge in [0.1, 0.15) is 0 Å². The fraction of sp³-hybridized carbons (Fsp3) is 1.00. The van der Waals surface area contributed by atoms with Crippen molar-refractivity contribution >= 4 is 10.4 Å². The topological polar surface area (TPSA) is 130 Å². The second-order valence-electron chi connectivity index (χ2n) is 10.8. The molecule has 0 aliphatic carbocycles. The molecule has 0 aliphatic rings. The van der Waals surface area contributed by atoms with Gasteiger partial charge in [0.15, 0.2) is 12.5 Å². The molecule has 0 amide bonds. The van der Waals surface area contributed by atoms with Crippen molar-refractivity contribution in [2.75, 3.05) is 28.2 Å². The summed E-state index contributed by atoms with van der Waals surface area (Å²) in [6, 6.07) is 0. The van der Waals surface area contributed by atoms with E-state index >= 15 is 0 Å². The smallest absolute Gasteiger partial charge is 0.188 e.